The number of rotatable bonds is 6. The number of guanidine groups is 1. The molecule has 0 bridgehead atoms. The molecule has 7 heteroatoms. The van der Waals surface area contributed by atoms with Crippen LogP contribution in [0.25, 0.3) is 0 Å². The van der Waals surface area contributed by atoms with E-state index in [9.17, 15) is 0 Å². The van der Waals surface area contributed by atoms with Crippen LogP contribution in [0.3, 0.4) is 0 Å². The second-order valence-electron chi connectivity index (χ2n) is 7.02. The van der Waals surface area contributed by atoms with Crippen molar-refractivity contribution in [2.75, 3.05) is 56.5 Å². The van der Waals surface area contributed by atoms with Gasteiger partial charge in [0.2, 0.25) is 5.96 Å². The average molecular weight is 340 g/mol. The van der Waals surface area contributed by atoms with Crippen LogP contribution in [-0.2, 0) is 0 Å². The van der Waals surface area contributed by atoms with Crippen LogP contribution in [0.1, 0.15) is 0 Å². The van der Waals surface area contributed by atoms with Crippen LogP contribution in [-0.4, -0.2) is 56.3 Å². The monoisotopic (exact) mass is 340 g/mol. The van der Waals surface area contributed by atoms with E-state index >= 15 is 0 Å². The number of aromatic nitrogens is 1. The molecule has 132 valence electrons. The summed E-state index contributed by atoms with van der Waals surface area (Å²) in [6, 6.07) is 14.0. The largest absolute Gasteiger partial charge is 0.364 e. The van der Waals surface area contributed by atoms with Crippen LogP contribution in [0.2, 0.25) is 0 Å². The molecular formula is C18H26N7+. The molecule has 3 N–H and O–H groups in total. The molecule has 0 unspecified atom stereocenters. The third-order valence-corrected chi connectivity index (χ3v) is 3.79. The Morgan fingerprint density at radius 2 is 1.96 bits per heavy atom. The molecule has 1 aliphatic heterocycles. The molecular weight excluding hydrogens is 314 g/mol. The van der Waals surface area contributed by atoms with E-state index in [1.54, 1.807) is 0 Å². The fraction of sp³-hybridized carbons (Fsp3) is 0.333. The Labute approximate surface area is 149 Å². The van der Waals surface area contributed by atoms with Gasteiger partial charge in [0.15, 0.2) is 0 Å². The maximum absolute atomic E-state index is 4.49. The van der Waals surface area contributed by atoms with E-state index in [0.717, 1.165) is 40.7 Å². The highest BCUT2D eigenvalue weighted by atomic mass is 15.6. The van der Waals surface area contributed by atoms with Crippen LogP contribution in [0, 0.1) is 0 Å². The summed E-state index contributed by atoms with van der Waals surface area (Å²) >= 11 is 0. The molecule has 1 aromatic carbocycles. The fourth-order valence-corrected chi connectivity index (χ4v) is 2.42. The zero-order valence-corrected chi connectivity index (χ0v) is 15.0. The highest BCUT2D eigenvalue weighted by Crippen LogP contribution is 2.18. The minimum absolute atomic E-state index is 0.553. The standard InChI is InChI=1S/C18H26N7/c1-25(2,3)12-11-20-17-13-16(9-10-19-17)24-14-21-18(23-24)22-15-7-5-4-6-8-15/h4-10,13H,11-12,14H2,1-3H3,(H,19,20)(H2,21,22,23)/q+1. The van der Waals surface area contributed by atoms with Crippen molar-refractivity contribution in [1.82, 2.24) is 10.4 Å². The van der Waals surface area contributed by atoms with Gasteiger partial charge < -0.3 is 15.1 Å². The molecule has 1 aliphatic rings. The molecule has 0 saturated heterocycles. The van der Waals surface area contributed by atoms with Crippen LogP contribution >= 0.6 is 0 Å². The van der Waals surface area contributed by atoms with Crippen molar-refractivity contribution in [2.45, 2.75) is 0 Å². The lowest BCUT2D eigenvalue weighted by Gasteiger charge is -2.24. The van der Waals surface area contributed by atoms with E-state index in [1.807, 2.05) is 53.7 Å². The Bertz CT molecular complexity index is 722. The van der Waals surface area contributed by atoms with E-state index in [1.165, 1.54) is 0 Å². The fourth-order valence-electron chi connectivity index (χ4n) is 2.42. The van der Waals surface area contributed by atoms with Crippen LogP contribution < -0.4 is 21.1 Å². The second-order valence-corrected chi connectivity index (χ2v) is 7.02. The van der Waals surface area contributed by atoms with Gasteiger partial charge >= 0.3 is 0 Å². The Kier molecular flexibility index (Phi) is 5.04. The van der Waals surface area contributed by atoms with Crippen molar-refractivity contribution < 1.29 is 4.48 Å². The number of nitrogens with one attached hydrogen (secondary N) is 3. The summed E-state index contributed by atoms with van der Waals surface area (Å²) in [5.41, 5.74) is 5.31. The van der Waals surface area contributed by atoms with Gasteiger partial charge in [-0.05, 0) is 18.2 Å². The summed E-state index contributed by atoms with van der Waals surface area (Å²) in [5, 5.41) is 8.64. The van der Waals surface area contributed by atoms with Crippen molar-refractivity contribution in [1.29, 1.82) is 0 Å². The third-order valence-electron chi connectivity index (χ3n) is 3.79. The summed E-state index contributed by atoms with van der Waals surface area (Å²) in [4.78, 5) is 8.88. The molecule has 0 aliphatic carbocycles. The predicted molar refractivity (Wildman–Crippen MR) is 104 cm³/mol. The summed E-state index contributed by atoms with van der Waals surface area (Å²) in [6.07, 6.45) is 1.81. The molecule has 1 aromatic heterocycles. The van der Waals surface area contributed by atoms with E-state index in [2.05, 4.69) is 47.2 Å². The smallest absolute Gasteiger partial charge is 0.216 e. The van der Waals surface area contributed by atoms with E-state index in [4.69, 9.17) is 0 Å². The molecule has 0 atom stereocenters. The Morgan fingerprint density at radius 1 is 1.16 bits per heavy atom. The summed E-state index contributed by atoms with van der Waals surface area (Å²) in [7, 11) is 6.54. The predicted octanol–water partition coefficient (Wildman–Crippen LogP) is 1.95. The zero-order valence-electron chi connectivity index (χ0n) is 15.0. The van der Waals surface area contributed by atoms with Gasteiger partial charge in [-0.1, -0.05) is 18.2 Å². The van der Waals surface area contributed by atoms with Crippen LogP contribution in [0.15, 0.2) is 53.7 Å². The van der Waals surface area contributed by atoms with E-state index in [-0.39, 0.29) is 0 Å². The number of likely N-dealkylation sites (N-methyl/N-ethyl adjacent to an activating group) is 1. The number of para-hydroxylation sites is 1. The zero-order chi connectivity index (χ0) is 17.7. The number of aliphatic imine (C=N–C) groups is 1. The van der Waals surface area contributed by atoms with E-state index in [0.29, 0.717) is 6.67 Å². The Balaban J connectivity index is 1.55. The molecule has 0 saturated carbocycles. The first-order chi connectivity index (χ1) is 12.0. The molecule has 0 radical (unpaired) electrons. The van der Waals surface area contributed by atoms with Gasteiger partial charge in [0, 0.05) is 18.0 Å². The number of hydrogen-bond donors (Lipinski definition) is 3. The van der Waals surface area contributed by atoms with Gasteiger partial charge in [0.05, 0.1) is 39.9 Å². The minimum atomic E-state index is 0.553. The molecule has 0 fully saturated rings. The van der Waals surface area contributed by atoms with Gasteiger partial charge in [-0.3, -0.25) is 10.4 Å². The summed E-state index contributed by atoms with van der Waals surface area (Å²) < 4.78 is 0.919. The molecule has 0 amide bonds. The lowest BCUT2D eigenvalue weighted by molar-refractivity contribution is -0.868. The first-order valence-electron chi connectivity index (χ1n) is 8.41. The van der Waals surface area contributed by atoms with Crippen LogP contribution in [0.4, 0.5) is 17.2 Å². The maximum atomic E-state index is 4.49. The number of hydrazine groups is 1. The molecule has 2 aromatic rings. The molecule has 2 heterocycles. The second kappa shape index (κ2) is 7.40. The molecule has 25 heavy (non-hydrogen) atoms. The Hall–Kier alpha value is -2.80. The minimum Gasteiger partial charge on any atom is -0.364 e. The SMILES string of the molecule is C[N+](C)(C)CCNc1cc(N2CN=C(Nc3ccccc3)N2)ccn1. The Morgan fingerprint density at radius 3 is 2.72 bits per heavy atom. The lowest BCUT2D eigenvalue weighted by atomic mass is 10.3. The number of quaternary nitrogens is 1. The number of hydrogen-bond acceptors (Lipinski definition) is 6. The molecule has 7 nitrogen and oxygen atoms in total. The lowest BCUT2D eigenvalue weighted by Crippen LogP contribution is -2.39. The number of nitrogens with zero attached hydrogens (tertiary/aromatic N) is 4. The van der Waals surface area contributed by atoms with Crippen molar-refractivity contribution in [3.05, 3.63) is 48.7 Å². The van der Waals surface area contributed by atoms with E-state index < -0.39 is 0 Å². The van der Waals surface area contributed by atoms with Crippen LogP contribution in [0.5, 0.6) is 0 Å². The van der Waals surface area contributed by atoms with Crippen molar-refractivity contribution in [3.63, 3.8) is 0 Å². The van der Waals surface area contributed by atoms with Crippen molar-refractivity contribution >= 4 is 23.2 Å². The number of benzene rings is 1. The topological polar surface area (TPSA) is 64.6 Å². The van der Waals surface area contributed by atoms with Gasteiger partial charge in [-0.2, -0.15) is 0 Å². The molecule has 3 rings (SSSR count). The molecule has 0 spiro atoms. The highest BCUT2D eigenvalue weighted by molar-refractivity contribution is 5.96. The normalized spacial score (nSPS) is 14.0. The average Bonchev–Trinajstić information content (AvgIpc) is 3.03. The van der Waals surface area contributed by atoms with Crippen molar-refractivity contribution in [2.24, 2.45) is 4.99 Å². The van der Waals surface area contributed by atoms with Gasteiger partial charge in [0.25, 0.3) is 0 Å². The number of pyridine rings is 1. The quantitative estimate of drug-likeness (QED) is 0.702. The van der Waals surface area contributed by atoms with Gasteiger partial charge in [-0.25, -0.2) is 9.98 Å². The van der Waals surface area contributed by atoms with Gasteiger partial charge in [-0.15, -0.1) is 0 Å². The van der Waals surface area contributed by atoms with Gasteiger partial charge in [0.1, 0.15) is 12.5 Å². The summed E-state index contributed by atoms with van der Waals surface area (Å²) in [6.45, 7) is 2.46. The maximum Gasteiger partial charge on any atom is 0.216 e. The van der Waals surface area contributed by atoms with Crippen molar-refractivity contribution in [3.8, 4) is 0 Å². The first-order valence-corrected chi connectivity index (χ1v) is 8.41. The third kappa shape index (κ3) is 5.09. The first kappa shape index (κ1) is 17.0. The highest BCUT2D eigenvalue weighted by Gasteiger charge is 2.16. The summed E-state index contributed by atoms with van der Waals surface area (Å²) in [5.74, 6) is 1.61. The number of anilines is 3.